The molecule has 9 nitrogen and oxygen atoms in total. The molecule has 1 amide bonds. The summed E-state index contributed by atoms with van der Waals surface area (Å²) >= 11 is 0. The zero-order valence-corrected chi connectivity index (χ0v) is 11.1. The van der Waals surface area contributed by atoms with Gasteiger partial charge in [0.25, 0.3) is 0 Å². The second kappa shape index (κ2) is 6.95. The van der Waals surface area contributed by atoms with E-state index < -0.39 is 55.2 Å². The molecule has 0 aromatic carbocycles. The van der Waals surface area contributed by atoms with Crippen molar-refractivity contribution in [3.05, 3.63) is 0 Å². The van der Waals surface area contributed by atoms with E-state index in [-0.39, 0.29) is 0 Å². The van der Waals surface area contributed by atoms with Crippen LogP contribution in [-0.2, 0) is 19.1 Å². The maximum Gasteiger partial charge on any atom is 0.217 e. The molecule has 1 fully saturated rings. The third-order valence-corrected chi connectivity index (χ3v) is 2.94. The molecule has 20 heavy (non-hydrogen) atoms. The van der Waals surface area contributed by atoms with Gasteiger partial charge in [-0.2, -0.15) is 0 Å². The van der Waals surface area contributed by atoms with Crippen molar-refractivity contribution in [3.8, 4) is 0 Å². The highest BCUT2D eigenvalue weighted by atomic mass is 16.6. The Labute approximate surface area is 115 Å². The van der Waals surface area contributed by atoms with Gasteiger partial charge in [0.05, 0.1) is 18.7 Å². The van der Waals surface area contributed by atoms with Gasteiger partial charge in [-0.25, -0.2) is 0 Å². The fraction of sp³-hybridized carbons (Fsp3) is 0.818. The minimum atomic E-state index is -1.56. The van der Waals surface area contributed by atoms with Crippen LogP contribution in [0.5, 0.6) is 0 Å². The highest BCUT2D eigenvalue weighted by Crippen LogP contribution is 2.23. The monoisotopic (exact) mass is 292 g/mol. The number of hydrogen-bond donors (Lipinski definition) is 4. The van der Waals surface area contributed by atoms with Crippen LogP contribution in [0.2, 0.25) is 0 Å². The first-order chi connectivity index (χ1) is 9.27. The number of carbonyl (C=O) groups excluding carboxylic acids is 2. The lowest BCUT2D eigenvalue weighted by Crippen LogP contribution is -2.65. The Morgan fingerprint density at radius 3 is 2.50 bits per heavy atom. The number of aliphatic carboxylic acids is 1. The topological polar surface area (TPSA) is 148 Å². The van der Waals surface area contributed by atoms with E-state index in [2.05, 4.69) is 5.32 Å². The smallest absolute Gasteiger partial charge is 0.217 e. The van der Waals surface area contributed by atoms with Crippen molar-refractivity contribution in [2.75, 3.05) is 6.61 Å². The van der Waals surface area contributed by atoms with E-state index in [0.29, 0.717) is 0 Å². The SMILES string of the molecule is CC(=O)N[C@@H]1[C@@H](O[C@H](C)C(=O)[O-])[C@H](O)[C@@H](CO)O[C@H]1O. The molecule has 1 aliphatic heterocycles. The van der Waals surface area contributed by atoms with Crippen molar-refractivity contribution in [1.82, 2.24) is 5.32 Å². The van der Waals surface area contributed by atoms with Gasteiger partial charge < -0.3 is 40.0 Å². The van der Waals surface area contributed by atoms with Crippen molar-refractivity contribution in [2.24, 2.45) is 0 Å². The minimum Gasteiger partial charge on any atom is -0.547 e. The van der Waals surface area contributed by atoms with Crippen molar-refractivity contribution in [3.63, 3.8) is 0 Å². The van der Waals surface area contributed by atoms with Gasteiger partial charge >= 0.3 is 0 Å². The van der Waals surface area contributed by atoms with Gasteiger partial charge in [0.1, 0.15) is 24.4 Å². The zero-order valence-electron chi connectivity index (χ0n) is 11.1. The molecule has 1 saturated heterocycles. The van der Waals surface area contributed by atoms with Gasteiger partial charge in [0.2, 0.25) is 5.91 Å². The maximum atomic E-state index is 11.1. The molecule has 6 atom stereocenters. The molecule has 9 heteroatoms. The van der Waals surface area contributed by atoms with Crippen molar-refractivity contribution < 1.29 is 39.5 Å². The number of carboxylic acid groups (broad SMARTS) is 1. The number of amides is 1. The molecule has 116 valence electrons. The second-order valence-electron chi connectivity index (χ2n) is 4.53. The van der Waals surface area contributed by atoms with Crippen LogP contribution in [0.3, 0.4) is 0 Å². The van der Waals surface area contributed by atoms with Crippen LogP contribution in [0.15, 0.2) is 0 Å². The number of carboxylic acids is 1. The van der Waals surface area contributed by atoms with Gasteiger partial charge in [-0.05, 0) is 6.92 Å². The summed E-state index contributed by atoms with van der Waals surface area (Å²) in [6, 6.07) is -1.17. The molecule has 4 N–H and O–H groups in total. The minimum absolute atomic E-state index is 0.526. The summed E-state index contributed by atoms with van der Waals surface area (Å²) in [6.07, 6.45) is -6.79. The van der Waals surface area contributed by atoms with Crippen LogP contribution in [-0.4, -0.2) is 70.6 Å². The molecule has 0 spiro atoms. The van der Waals surface area contributed by atoms with Crippen LogP contribution < -0.4 is 10.4 Å². The highest BCUT2D eigenvalue weighted by Gasteiger charge is 2.46. The summed E-state index contributed by atoms with van der Waals surface area (Å²) in [4.78, 5) is 21.8. The van der Waals surface area contributed by atoms with Crippen LogP contribution in [0.1, 0.15) is 13.8 Å². The number of hydrogen-bond acceptors (Lipinski definition) is 8. The van der Waals surface area contributed by atoms with Gasteiger partial charge in [0, 0.05) is 6.92 Å². The predicted molar refractivity (Wildman–Crippen MR) is 60.9 cm³/mol. The first kappa shape index (κ1) is 16.8. The predicted octanol–water partition coefficient (Wildman–Crippen LogP) is -3.91. The first-order valence-corrected chi connectivity index (χ1v) is 6.03. The molecule has 0 aromatic heterocycles. The summed E-state index contributed by atoms with van der Waals surface area (Å²) in [5, 5.41) is 41.8. The molecule has 0 saturated carbocycles. The number of nitrogens with one attached hydrogen (secondary N) is 1. The Balaban J connectivity index is 2.92. The Bertz CT molecular complexity index is 362. The van der Waals surface area contributed by atoms with Gasteiger partial charge in [0.15, 0.2) is 6.29 Å². The highest BCUT2D eigenvalue weighted by molar-refractivity contribution is 5.73. The lowest BCUT2D eigenvalue weighted by Gasteiger charge is -2.43. The van der Waals surface area contributed by atoms with E-state index in [1.54, 1.807) is 0 Å². The third-order valence-electron chi connectivity index (χ3n) is 2.94. The van der Waals surface area contributed by atoms with Crippen LogP contribution >= 0.6 is 0 Å². The average Bonchev–Trinajstić information content (AvgIpc) is 2.36. The van der Waals surface area contributed by atoms with Crippen LogP contribution in [0.4, 0.5) is 0 Å². The summed E-state index contributed by atoms with van der Waals surface area (Å²) in [7, 11) is 0. The van der Waals surface area contributed by atoms with Crippen molar-refractivity contribution >= 4 is 11.9 Å². The summed E-state index contributed by atoms with van der Waals surface area (Å²) in [5.41, 5.74) is 0. The molecule has 0 radical (unpaired) electrons. The normalized spacial score (nSPS) is 35.4. The molecule has 0 aliphatic carbocycles. The number of aliphatic hydroxyl groups excluding tert-OH is 3. The summed E-state index contributed by atoms with van der Waals surface area (Å²) in [5.74, 6) is -2.04. The molecular weight excluding hydrogens is 274 g/mol. The Morgan fingerprint density at radius 1 is 1.45 bits per heavy atom. The van der Waals surface area contributed by atoms with Crippen LogP contribution in [0.25, 0.3) is 0 Å². The van der Waals surface area contributed by atoms with E-state index in [1.807, 2.05) is 0 Å². The molecule has 1 rings (SSSR count). The van der Waals surface area contributed by atoms with Crippen molar-refractivity contribution in [2.45, 2.75) is 50.6 Å². The average molecular weight is 292 g/mol. The fourth-order valence-electron chi connectivity index (χ4n) is 1.93. The summed E-state index contributed by atoms with van der Waals surface area (Å²) in [6.45, 7) is 1.75. The van der Waals surface area contributed by atoms with Crippen LogP contribution in [0, 0.1) is 0 Å². The van der Waals surface area contributed by atoms with E-state index in [0.717, 1.165) is 0 Å². The lowest BCUT2D eigenvalue weighted by molar-refractivity contribution is -0.324. The molecule has 1 aliphatic rings. The van der Waals surface area contributed by atoms with E-state index in [4.69, 9.17) is 14.6 Å². The Hall–Kier alpha value is -1.26. The number of aliphatic hydroxyl groups is 3. The maximum absolute atomic E-state index is 11.1. The van der Waals surface area contributed by atoms with Gasteiger partial charge in [-0.1, -0.05) is 0 Å². The van der Waals surface area contributed by atoms with E-state index >= 15 is 0 Å². The molecule has 0 unspecified atom stereocenters. The van der Waals surface area contributed by atoms with E-state index in [1.165, 1.54) is 13.8 Å². The zero-order chi connectivity index (χ0) is 15.4. The second-order valence-corrected chi connectivity index (χ2v) is 4.53. The number of ether oxygens (including phenoxy) is 2. The van der Waals surface area contributed by atoms with Crippen molar-refractivity contribution in [1.29, 1.82) is 0 Å². The third kappa shape index (κ3) is 3.87. The fourth-order valence-corrected chi connectivity index (χ4v) is 1.93. The first-order valence-electron chi connectivity index (χ1n) is 6.03. The largest absolute Gasteiger partial charge is 0.547 e. The Kier molecular flexibility index (Phi) is 5.84. The lowest BCUT2D eigenvalue weighted by atomic mass is 9.96. The Morgan fingerprint density at radius 2 is 2.05 bits per heavy atom. The molecule has 1 heterocycles. The summed E-state index contributed by atoms with van der Waals surface area (Å²) < 4.78 is 10.0. The number of rotatable bonds is 5. The quantitative estimate of drug-likeness (QED) is 0.401. The molecular formula is C11H18NO8-. The number of carbonyl (C=O) groups is 2. The van der Waals surface area contributed by atoms with Gasteiger partial charge in [-0.15, -0.1) is 0 Å². The molecule has 0 bridgehead atoms. The standard InChI is InChI=1S/C11H19NO8/c1-4(10(16)17)19-9-7(12-5(2)14)11(18)20-6(3-13)8(9)15/h4,6-9,11,13,15,18H,3H2,1-2H3,(H,12,14)(H,16,17)/p-1/t4-,6-,7-,8-,9-,11-/m1/s1. The van der Waals surface area contributed by atoms with E-state index in [9.17, 15) is 24.9 Å². The molecule has 0 aromatic rings. The van der Waals surface area contributed by atoms with Gasteiger partial charge in [-0.3, -0.25) is 4.79 Å².